The fraction of sp³-hybridized carbons (Fsp3) is 0.667. The van der Waals surface area contributed by atoms with Crippen LogP contribution < -0.4 is 0 Å². The molecule has 1 aliphatic carbocycles. The van der Waals surface area contributed by atoms with Gasteiger partial charge in [-0.05, 0) is 37.5 Å². The van der Waals surface area contributed by atoms with Crippen LogP contribution in [0.3, 0.4) is 0 Å². The number of carboxylic acids is 2. The van der Waals surface area contributed by atoms with E-state index in [4.69, 9.17) is 10.2 Å². The van der Waals surface area contributed by atoms with E-state index in [1.807, 2.05) is 0 Å². The van der Waals surface area contributed by atoms with Crippen molar-refractivity contribution in [1.29, 1.82) is 0 Å². The van der Waals surface area contributed by atoms with E-state index in [0.29, 0.717) is 19.3 Å². The molecule has 0 aromatic heterocycles. The minimum absolute atomic E-state index is 0.0203. The number of carboxylic acid groups (broad SMARTS) is 2. The molecule has 3 unspecified atom stereocenters. The smallest absolute Gasteiger partial charge is 0.318 e. The van der Waals surface area contributed by atoms with Gasteiger partial charge in [0.15, 0.2) is 5.92 Å². The fourth-order valence-electron chi connectivity index (χ4n) is 2.63. The molecular weight excluding hydrogens is 224 g/mol. The summed E-state index contributed by atoms with van der Waals surface area (Å²) in [5.74, 6) is -4.63. The van der Waals surface area contributed by atoms with Crippen LogP contribution in [0.25, 0.3) is 0 Å². The van der Waals surface area contributed by atoms with Gasteiger partial charge in [-0.1, -0.05) is 6.08 Å². The SMILES string of the molecule is C=CCC1CCC(O)CC1C(C(=O)O)C(=O)O. The molecule has 3 atom stereocenters. The van der Waals surface area contributed by atoms with Gasteiger partial charge in [-0.15, -0.1) is 6.58 Å². The lowest BCUT2D eigenvalue weighted by atomic mass is 9.70. The largest absolute Gasteiger partial charge is 0.481 e. The van der Waals surface area contributed by atoms with Crippen molar-refractivity contribution in [2.75, 3.05) is 0 Å². The molecule has 1 saturated carbocycles. The molecule has 0 radical (unpaired) electrons. The Morgan fingerprint density at radius 1 is 1.29 bits per heavy atom. The molecule has 96 valence electrons. The number of carbonyl (C=O) groups is 2. The Balaban J connectivity index is 2.89. The topological polar surface area (TPSA) is 94.8 Å². The van der Waals surface area contributed by atoms with Crippen LogP contribution in [0.15, 0.2) is 12.7 Å². The number of allylic oxidation sites excluding steroid dienone is 1. The van der Waals surface area contributed by atoms with Crippen molar-refractivity contribution >= 4 is 11.9 Å². The first kappa shape index (κ1) is 13.7. The Morgan fingerprint density at radius 3 is 2.35 bits per heavy atom. The first-order valence-corrected chi connectivity index (χ1v) is 5.72. The highest BCUT2D eigenvalue weighted by atomic mass is 16.4. The molecule has 3 N–H and O–H groups in total. The van der Waals surface area contributed by atoms with Crippen LogP contribution in [0, 0.1) is 17.8 Å². The molecule has 0 saturated heterocycles. The van der Waals surface area contributed by atoms with Gasteiger partial charge in [-0.25, -0.2) is 0 Å². The molecule has 0 amide bonds. The molecule has 0 aromatic rings. The van der Waals surface area contributed by atoms with Crippen LogP contribution in [0.1, 0.15) is 25.7 Å². The summed E-state index contributed by atoms with van der Waals surface area (Å²) in [7, 11) is 0. The summed E-state index contributed by atoms with van der Waals surface area (Å²) in [5, 5.41) is 27.5. The van der Waals surface area contributed by atoms with Gasteiger partial charge in [0.25, 0.3) is 0 Å². The zero-order chi connectivity index (χ0) is 13.0. The standard InChI is InChI=1S/C12H18O5/c1-2-3-7-4-5-8(13)6-9(7)10(11(14)15)12(16)17/h2,7-10,13H,1,3-6H2,(H,14,15)(H,16,17). The molecule has 5 heteroatoms. The van der Waals surface area contributed by atoms with E-state index < -0.39 is 29.9 Å². The van der Waals surface area contributed by atoms with Crippen LogP contribution in [0.4, 0.5) is 0 Å². The zero-order valence-corrected chi connectivity index (χ0v) is 9.58. The van der Waals surface area contributed by atoms with Crippen LogP contribution >= 0.6 is 0 Å². The monoisotopic (exact) mass is 242 g/mol. The van der Waals surface area contributed by atoms with E-state index in [0.717, 1.165) is 0 Å². The highest BCUT2D eigenvalue weighted by Crippen LogP contribution is 2.38. The van der Waals surface area contributed by atoms with Crippen molar-refractivity contribution < 1.29 is 24.9 Å². The number of aliphatic hydroxyl groups is 1. The molecule has 0 bridgehead atoms. The lowest BCUT2D eigenvalue weighted by Crippen LogP contribution is -2.40. The van der Waals surface area contributed by atoms with Gasteiger partial charge in [0, 0.05) is 0 Å². The second-order valence-electron chi connectivity index (χ2n) is 4.57. The minimum atomic E-state index is -1.44. The Morgan fingerprint density at radius 2 is 1.88 bits per heavy atom. The number of aliphatic carboxylic acids is 2. The lowest BCUT2D eigenvalue weighted by molar-refractivity contribution is -0.160. The van der Waals surface area contributed by atoms with E-state index >= 15 is 0 Å². The van der Waals surface area contributed by atoms with E-state index in [-0.39, 0.29) is 12.3 Å². The number of hydrogen-bond acceptors (Lipinski definition) is 3. The average molecular weight is 242 g/mol. The first-order chi connectivity index (χ1) is 7.97. The third-order valence-corrected chi connectivity index (χ3v) is 3.45. The quantitative estimate of drug-likeness (QED) is 0.496. The van der Waals surface area contributed by atoms with Crippen molar-refractivity contribution in [2.45, 2.75) is 31.8 Å². The Labute approximate surface area is 99.8 Å². The van der Waals surface area contributed by atoms with Gasteiger partial charge in [0.2, 0.25) is 0 Å². The summed E-state index contributed by atoms with van der Waals surface area (Å²) in [6.45, 7) is 3.60. The molecule has 5 nitrogen and oxygen atoms in total. The summed E-state index contributed by atoms with van der Waals surface area (Å²) < 4.78 is 0. The molecular formula is C12H18O5. The molecule has 1 rings (SSSR count). The van der Waals surface area contributed by atoms with Crippen molar-refractivity contribution in [2.24, 2.45) is 17.8 Å². The summed E-state index contributed by atoms with van der Waals surface area (Å²) in [5.41, 5.74) is 0. The maximum Gasteiger partial charge on any atom is 0.318 e. The first-order valence-electron chi connectivity index (χ1n) is 5.72. The maximum absolute atomic E-state index is 11.0. The molecule has 0 aromatic carbocycles. The van der Waals surface area contributed by atoms with Gasteiger partial charge in [-0.3, -0.25) is 9.59 Å². The Bertz CT molecular complexity index is 298. The van der Waals surface area contributed by atoms with Crippen molar-refractivity contribution in [3.05, 3.63) is 12.7 Å². The predicted octanol–water partition coefficient (Wildman–Crippen LogP) is 1.13. The summed E-state index contributed by atoms with van der Waals surface area (Å²) in [4.78, 5) is 22.0. The minimum Gasteiger partial charge on any atom is -0.481 e. The van der Waals surface area contributed by atoms with E-state index in [9.17, 15) is 14.7 Å². The summed E-state index contributed by atoms with van der Waals surface area (Å²) in [6, 6.07) is 0. The third-order valence-electron chi connectivity index (χ3n) is 3.45. The molecule has 1 fully saturated rings. The molecule has 0 heterocycles. The van der Waals surface area contributed by atoms with Crippen molar-refractivity contribution in [3.8, 4) is 0 Å². The Kier molecular flexibility index (Phi) is 4.69. The number of hydrogen-bond donors (Lipinski definition) is 3. The zero-order valence-electron chi connectivity index (χ0n) is 9.58. The molecule has 17 heavy (non-hydrogen) atoms. The van der Waals surface area contributed by atoms with Gasteiger partial charge in [-0.2, -0.15) is 0 Å². The lowest BCUT2D eigenvalue weighted by Gasteiger charge is -2.35. The van der Waals surface area contributed by atoms with E-state index in [2.05, 4.69) is 6.58 Å². The van der Waals surface area contributed by atoms with Crippen LogP contribution in [-0.2, 0) is 9.59 Å². The number of rotatable bonds is 5. The predicted molar refractivity (Wildman–Crippen MR) is 60.4 cm³/mol. The molecule has 0 spiro atoms. The summed E-state index contributed by atoms with van der Waals surface area (Å²) >= 11 is 0. The van der Waals surface area contributed by atoms with Crippen molar-refractivity contribution in [1.82, 2.24) is 0 Å². The van der Waals surface area contributed by atoms with E-state index in [1.165, 1.54) is 0 Å². The fourth-order valence-corrected chi connectivity index (χ4v) is 2.63. The second-order valence-corrected chi connectivity index (χ2v) is 4.57. The van der Waals surface area contributed by atoms with Crippen LogP contribution in [0.5, 0.6) is 0 Å². The van der Waals surface area contributed by atoms with Gasteiger partial charge < -0.3 is 15.3 Å². The average Bonchev–Trinajstić information content (AvgIpc) is 2.21. The highest BCUT2D eigenvalue weighted by molar-refractivity contribution is 5.93. The van der Waals surface area contributed by atoms with Crippen molar-refractivity contribution in [3.63, 3.8) is 0 Å². The van der Waals surface area contributed by atoms with Gasteiger partial charge in [0.1, 0.15) is 0 Å². The second kappa shape index (κ2) is 5.82. The Hall–Kier alpha value is -1.36. The molecule has 1 aliphatic rings. The summed E-state index contributed by atoms with van der Waals surface area (Å²) in [6.07, 6.45) is 3.16. The van der Waals surface area contributed by atoms with E-state index in [1.54, 1.807) is 6.08 Å². The van der Waals surface area contributed by atoms with Gasteiger partial charge >= 0.3 is 11.9 Å². The molecule has 0 aliphatic heterocycles. The highest BCUT2D eigenvalue weighted by Gasteiger charge is 2.42. The van der Waals surface area contributed by atoms with Crippen LogP contribution in [0.2, 0.25) is 0 Å². The van der Waals surface area contributed by atoms with Crippen LogP contribution in [-0.4, -0.2) is 33.4 Å². The third kappa shape index (κ3) is 3.30. The number of aliphatic hydroxyl groups excluding tert-OH is 1. The van der Waals surface area contributed by atoms with Gasteiger partial charge in [0.05, 0.1) is 6.10 Å². The normalized spacial score (nSPS) is 28.9. The maximum atomic E-state index is 11.0.